The van der Waals surface area contributed by atoms with Gasteiger partial charge in [-0.3, -0.25) is 4.79 Å². The molecule has 1 amide bonds. The van der Waals surface area contributed by atoms with Crippen LogP contribution in [0, 0.1) is 6.92 Å². The molecule has 0 saturated heterocycles. The number of benzene rings is 2. The van der Waals surface area contributed by atoms with Crippen LogP contribution in [-0.4, -0.2) is 22.1 Å². The number of carbonyl (C=O) groups is 1. The fourth-order valence-electron chi connectivity index (χ4n) is 2.55. The Labute approximate surface area is 181 Å². The predicted octanol–water partition coefficient (Wildman–Crippen LogP) is 5.74. The average molecular weight is 439 g/mol. The number of aryl methyl sites for hydroxylation is 1. The van der Waals surface area contributed by atoms with Crippen molar-refractivity contribution in [2.75, 3.05) is 5.01 Å². The number of anilines is 1. The second-order valence-corrected chi connectivity index (χ2v) is 9.43. The Morgan fingerprint density at radius 1 is 1.17 bits per heavy atom. The van der Waals surface area contributed by atoms with Crippen molar-refractivity contribution >= 4 is 61.9 Å². The van der Waals surface area contributed by atoms with Crippen molar-refractivity contribution in [2.45, 2.75) is 23.9 Å². The van der Waals surface area contributed by atoms with Crippen LogP contribution in [0.3, 0.4) is 0 Å². The van der Waals surface area contributed by atoms with Gasteiger partial charge in [0.1, 0.15) is 0 Å². The molecule has 0 aliphatic heterocycles. The zero-order valence-electron chi connectivity index (χ0n) is 15.9. The number of hydrogen-bond acceptors (Lipinski definition) is 7. The van der Waals surface area contributed by atoms with E-state index in [0.29, 0.717) is 10.9 Å². The maximum absolute atomic E-state index is 12.1. The SMILES string of the molecule is CC(=O)N(/N=C/c1ccc(C)cc1)c1nc(CSc2nc3ccccc3s2)cs1. The van der Waals surface area contributed by atoms with Gasteiger partial charge in [-0.15, -0.1) is 22.7 Å². The van der Waals surface area contributed by atoms with E-state index in [1.54, 1.807) is 29.3 Å². The zero-order chi connectivity index (χ0) is 20.2. The van der Waals surface area contributed by atoms with Crippen LogP contribution < -0.4 is 5.01 Å². The van der Waals surface area contributed by atoms with E-state index in [0.717, 1.165) is 21.1 Å². The van der Waals surface area contributed by atoms with Crippen LogP contribution in [-0.2, 0) is 10.5 Å². The van der Waals surface area contributed by atoms with E-state index in [1.165, 1.54) is 33.5 Å². The van der Waals surface area contributed by atoms with Gasteiger partial charge in [0, 0.05) is 18.1 Å². The number of rotatable bonds is 6. The van der Waals surface area contributed by atoms with Crippen molar-refractivity contribution in [3.05, 3.63) is 70.7 Å². The highest BCUT2D eigenvalue weighted by atomic mass is 32.2. The Morgan fingerprint density at radius 2 is 1.97 bits per heavy atom. The van der Waals surface area contributed by atoms with Crippen LogP contribution >= 0.6 is 34.4 Å². The van der Waals surface area contributed by atoms with E-state index < -0.39 is 0 Å². The van der Waals surface area contributed by atoms with E-state index in [9.17, 15) is 4.79 Å². The molecule has 146 valence electrons. The lowest BCUT2D eigenvalue weighted by Gasteiger charge is -2.10. The number of thiazole rings is 2. The van der Waals surface area contributed by atoms with Crippen molar-refractivity contribution in [1.29, 1.82) is 0 Å². The van der Waals surface area contributed by atoms with Crippen LogP contribution in [0.15, 0.2) is 63.4 Å². The van der Waals surface area contributed by atoms with Crippen molar-refractivity contribution in [3.8, 4) is 0 Å². The van der Waals surface area contributed by atoms with Gasteiger partial charge in [-0.05, 0) is 24.6 Å². The maximum Gasteiger partial charge on any atom is 0.246 e. The van der Waals surface area contributed by atoms with Gasteiger partial charge in [0.15, 0.2) is 4.34 Å². The summed E-state index contributed by atoms with van der Waals surface area (Å²) >= 11 is 4.75. The lowest BCUT2D eigenvalue weighted by atomic mass is 10.2. The van der Waals surface area contributed by atoms with Crippen LogP contribution in [0.4, 0.5) is 5.13 Å². The zero-order valence-corrected chi connectivity index (χ0v) is 18.4. The number of carbonyl (C=O) groups excluding carboxylic acids is 1. The van der Waals surface area contributed by atoms with E-state index in [4.69, 9.17) is 0 Å². The molecule has 4 aromatic rings. The lowest BCUT2D eigenvalue weighted by molar-refractivity contribution is -0.116. The Hall–Kier alpha value is -2.55. The molecule has 0 atom stereocenters. The summed E-state index contributed by atoms with van der Waals surface area (Å²) in [6.07, 6.45) is 1.68. The molecule has 2 heterocycles. The molecular weight excluding hydrogens is 420 g/mol. The van der Waals surface area contributed by atoms with Gasteiger partial charge < -0.3 is 0 Å². The van der Waals surface area contributed by atoms with Gasteiger partial charge in [0.25, 0.3) is 0 Å². The molecule has 0 radical (unpaired) electrons. The smallest absolute Gasteiger partial charge is 0.246 e. The first-order chi connectivity index (χ1) is 14.1. The fourth-order valence-corrected chi connectivity index (χ4v) is 5.44. The van der Waals surface area contributed by atoms with Crippen molar-refractivity contribution < 1.29 is 4.79 Å². The molecule has 2 aromatic carbocycles. The van der Waals surface area contributed by atoms with Crippen molar-refractivity contribution in [1.82, 2.24) is 9.97 Å². The molecule has 5 nitrogen and oxygen atoms in total. The number of nitrogens with zero attached hydrogens (tertiary/aromatic N) is 4. The minimum atomic E-state index is -0.173. The normalized spacial score (nSPS) is 11.4. The fraction of sp³-hybridized carbons (Fsp3) is 0.143. The summed E-state index contributed by atoms with van der Waals surface area (Å²) in [4.78, 5) is 21.3. The first-order valence-corrected chi connectivity index (χ1v) is 11.6. The Balaban J connectivity index is 1.45. The standard InChI is InChI=1S/C21H18N4OS3/c1-14-7-9-16(10-8-14)11-22-25(15(2)26)20-23-17(12-27-20)13-28-21-24-18-5-3-4-6-19(18)29-21/h3-12H,13H2,1-2H3/b22-11+. The number of hydrogen-bond donors (Lipinski definition) is 0. The molecule has 2 aromatic heterocycles. The molecule has 0 saturated carbocycles. The van der Waals surface area contributed by atoms with E-state index in [2.05, 4.69) is 21.1 Å². The average Bonchev–Trinajstić information content (AvgIpc) is 3.34. The minimum absolute atomic E-state index is 0.173. The molecular formula is C21H18N4OS3. The minimum Gasteiger partial charge on any atom is -0.273 e. The molecule has 0 fully saturated rings. The summed E-state index contributed by atoms with van der Waals surface area (Å²) in [7, 11) is 0. The van der Waals surface area contributed by atoms with Crippen LogP contribution in [0.2, 0.25) is 0 Å². The van der Waals surface area contributed by atoms with Gasteiger partial charge in [-0.2, -0.15) is 10.1 Å². The third kappa shape index (κ3) is 4.90. The van der Waals surface area contributed by atoms with E-state index in [1.807, 2.05) is 54.8 Å². The molecule has 0 unspecified atom stereocenters. The van der Waals surface area contributed by atoms with Gasteiger partial charge in [-0.1, -0.05) is 53.7 Å². The number of fused-ring (bicyclic) bond motifs is 1. The monoisotopic (exact) mass is 438 g/mol. The highest BCUT2D eigenvalue weighted by molar-refractivity contribution is 8.00. The Kier molecular flexibility index (Phi) is 6.03. The highest BCUT2D eigenvalue weighted by Crippen LogP contribution is 2.32. The highest BCUT2D eigenvalue weighted by Gasteiger charge is 2.15. The Morgan fingerprint density at radius 3 is 2.72 bits per heavy atom. The quantitative estimate of drug-likeness (QED) is 0.219. The topological polar surface area (TPSA) is 58.5 Å². The Bertz CT molecular complexity index is 1130. The number of para-hydroxylation sites is 1. The lowest BCUT2D eigenvalue weighted by Crippen LogP contribution is -2.22. The van der Waals surface area contributed by atoms with Crippen molar-refractivity contribution in [3.63, 3.8) is 0 Å². The van der Waals surface area contributed by atoms with Gasteiger partial charge in [-0.25, -0.2) is 9.97 Å². The first-order valence-electron chi connectivity index (χ1n) is 8.92. The van der Waals surface area contributed by atoms with Crippen LogP contribution in [0.25, 0.3) is 10.2 Å². The molecule has 0 spiro atoms. The van der Waals surface area contributed by atoms with Gasteiger partial charge in [0.05, 0.1) is 22.1 Å². The second kappa shape index (κ2) is 8.86. The molecule has 0 aliphatic rings. The van der Waals surface area contributed by atoms with E-state index >= 15 is 0 Å². The van der Waals surface area contributed by atoms with Crippen molar-refractivity contribution in [2.24, 2.45) is 5.10 Å². The molecule has 0 bridgehead atoms. The molecule has 0 N–H and O–H groups in total. The molecule has 4 rings (SSSR count). The first kappa shape index (κ1) is 19.8. The predicted molar refractivity (Wildman–Crippen MR) is 123 cm³/mol. The summed E-state index contributed by atoms with van der Waals surface area (Å²) in [5.41, 5.74) is 4.05. The van der Waals surface area contributed by atoms with Gasteiger partial charge in [0.2, 0.25) is 11.0 Å². The summed E-state index contributed by atoms with van der Waals surface area (Å²) in [6, 6.07) is 16.1. The largest absolute Gasteiger partial charge is 0.273 e. The van der Waals surface area contributed by atoms with Crippen LogP contribution in [0.1, 0.15) is 23.7 Å². The summed E-state index contributed by atoms with van der Waals surface area (Å²) < 4.78 is 2.20. The summed E-state index contributed by atoms with van der Waals surface area (Å²) in [6.45, 7) is 3.52. The molecule has 8 heteroatoms. The summed E-state index contributed by atoms with van der Waals surface area (Å²) in [5, 5.41) is 8.22. The van der Waals surface area contributed by atoms with Gasteiger partial charge >= 0.3 is 0 Å². The molecule has 29 heavy (non-hydrogen) atoms. The third-order valence-electron chi connectivity index (χ3n) is 4.04. The molecule has 0 aliphatic carbocycles. The number of aromatic nitrogens is 2. The van der Waals surface area contributed by atoms with E-state index in [-0.39, 0.29) is 5.91 Å². The van der Waals surface area contributed by atoms with Crippen LogP contribution in [0.5, 0.6) is 0 Å². The third-order valence-corrected chi connectivity index (χ3v) is 7.11. The second-order valence-electron chi connectivity index (χ2n) is 6.34. The maximum atomic E-state index is 12.1. The number of hydrazone groups is 1. The number of thioether (sulfide) groups is 1. The number of amides is 1. The summed E-state index contributed by atoms with van der Waals surface area (Å²) in [5.74, 6) is 0.525.